The van der Waals surface area contributed by atoms with Crippen molar-refractivity contribution in [1.29, 1.82) is 5.26 Å². The number of rotatable bonds is 3. The van der Waals surface area contributed by atoms with Gasteiger partial charge in [-0.25, -0.2) is 14.9 Å². The Morgan fingerprint density at radius 3 is 2.74 bits per heavy atom. The van der Waals surface area contributed by atoms with Gasteiger partial charge in [-0.15, -0.1) is 0 Å². The Kier molecular flexibility index (Phi) is 4.27. The average Bonchev–Trinajstić information content (AvgIpc) is 2.51. The van der Waals surface area contributed by atoms with Gasteiger partial charge in [-0.3, -0.25) is 4.79 Å². The van der Waals surface area contributed by atoms with Crippen molar-refractivity contribution in [3.8, 4) is 17.3 Å². The highest BCUT2D eigenvalue weighted by Gasteiger charge is 2.21. The lowest BCUT2D eigenvalue weighted by atomic mass is 10.0. The van der Waals surface area contributed by atoms with Gasteiger partial charge in [0.1, 0.15) is 17.5 Å². The maximum Gasteiger partial charge on any atom is 0.339 e. The molecule has 0 amide bonds. The predicted octanol–water partition coefficient (Wildman–Crippen LogP) is 0.353. The van der Waals surface area contributed by atoms with Crippen molar-refractivity contribution in [2.75, 3.05) is 18.1 Å². The minimum absolute atomic E-state index is 0.0218. The number of aromatic nitrogens is 3. The number of anilines is 2. The number of nitrogens with zero attached hydrogens (tertiary/aromatic N) is 3. The van der Waals surface area contributed by atoms with E-state index in [9.17, 15) is 9.59 Å². The van der Waals surface area contributed by atoms with Crippen LogP contribution in [0.2, 0.25) is 0 Å². The van der Waals surface area contributed by atoms with E-state index in [4.69, 9.17) is 21.5 Å². The van der Waals surface area contributed by atoms with Crippen LogP contribution in [0.25, 0.3) is 11.3 Å². The molecule has 0 aliphatic carbocycles. The molecule has 0 bridgehead atoms. The van der Waals surface area contributed by atoms with Crippen molar-refractivity contribution in [3.05, 3.63) is 33.1 Å². The summed E-state index contributed by atoms with van der Waals surface area (Å²) in [7, 11) is 0. The van der Waals surface area contributed by atoms with Gasteiger partial charge < -0.3 is 16.2 Å². The van der Waals surface area contributed by atoms with Crippen LogP contribution in [-0.2, 0) is 4.74 Å². The Balaban J connectivity index is 2.77. The summed E-state index contributed by atoms with van der Waals surface area (Å²) in [4.78, 5) is 27.8. The molecule has 9 nitrogen and oxygen atoms in total. The number of nitriles is 1. The van der Waals surface area contributed by atoms with Crippen molar-refractivity contribution < 1.29 is 9.53 Å². The molecule has 5 N–H and O–H groups in total. The van der Waals surface area contributed by atoms with E-state index in [1.54, 1.807) is 6.92 Å². The summed E-state index contributed by atoms with van der Waals surface area (Å²) in [5, 5.41) is 15.1. The summed E-state index contributed by atoms with van der Waals surface area (Å²) < 4.78 is 4.91. The second-order valence-corrected chi connectivity index (χ2v) is 4.59. The van der Waals surface area contributed by atoms with Gasteiger partial charge >= 0.3 is 5.97 Å². The largest absolute Gasteiger partial charge is 0.462 e. The standard InChI is InChI=1S/C14H14N6O3/c1-3-23-14(22)7-4-9(18-11(16)8(7)5-15)10-6(2)13(21)20-19-12(10)17/h4H,3H2,1-2H3,(H2,16,18)(H2,17,19)(H,20,21). The molecule has 0 radical (unpaired) electrons. The van der Waals surface area contributed by atoms with E-state index >= 15 is 0 Å². The third-order valence-corrected chi connectivity index (χ3v) is 3.16. The van der Waals surface area contributed by atoms with Crippen LogP contribution in [0.5, 0.6) is 0 Å². The molecule has 2 heterocycles. The predicted molar refractivity (Wildman–Crippen MR) is 82.3 cm³/mol. The van der Waals surface area contributed by atoms with Crippen LogP contribution in [0.1, 0.15) is 28.4 Å². The molecule has 23 heavy (non-hydrogen) atoms. The Morgan fingerprint density at radius 2 is 2.13 bits per heavy atom. The second-order valence-electron chi connectivity index (χ2n) is 4.59. The number of pyridine rings is 1. The van der Waals surface area contributed by atoms with Crippen LogP contribution < -0.4 is 17.0 Å². The van der Waals surface area contributed by atoms with Crippen molar-refractivity contribution in [1.82, 2.24) is 15.2 Å². The first kappa shape index (κ1) is 16.0. The molecule has 9 heteroatoms. The topological polar surface area (TPSA) is 161 Å². The number of nitrogens with two attached hydrogens (primary N) is 2. The van der Waals surface area contributed by atoms with Crippen LogP contribution in [-0.4, -0.2) is 27.8 Å². The van der Waals surface area contributed by atoms with Gasteiger partial charge in [0.15, 0.2) is 5.82 Å². The van der Waals surface area contributed by atoms with E-state index in [-0.39, 0.29) is 46.2 Å². The first-order chi connectivity index (χ1) is 10.9. The number of aromatic amines is 1. The molecule has 0 fully saturated rings. The van der Waals surface area contributed by atoms with Gasteiger partial charge in [0, 0.05) is 5.56 Å². The molecule has 0 unspecified atom stereocenters. The number of hydrogen-bond acceptors (Lipinski definition) is 8. The lowest BCUT2D eigenvalue weighted by molar-refractivity contribution is 0.0526. The summed E-state index contributed by atoms with van der Waals surface area (Å²) in [6, 6.07) is 3.13. The van der Waals surface area contributed by atoms with E-state index in [2.05, 4.69) is 15.2 Å². The number of carbonyl (C=O) groups is 1. The third-order valence-electron chi connectivity index (χ3n) is 3.16. The van der Waals surface area contributed by atoms with E-state index in [1.807, 2.05) is 6.07 Å². The Hall–Kier alpha value is -3.41. The molecule has 0 aliphatic heterocycles. The molecule has 0 aromatic carbocycles. The molecule has 0 aliphatic rings. The zero-order valence-electron chi connectivity index (χ0n) is 12.5. The zero-order chi connectivity index (χ0) is 17.1. The molecular weight excluding hydrogens is 300 g/mol. The normalized spacial score (nSPS) is 10.1. The van der Waals surface area contributed by atoms with Gasteiger partial charge in [0.2, 0.25) is 0 Å². The van der Waals surface area contributed by atoms with Crippen LogP contribution in [0.15, 0.2) is 10.9 Å². The number of esters is 1. The molecule has 2 aromatic rings. The van der Waals surface area contributed by atoms with Gasteiger partial charge in [-0.1, -0.05) is 0 Å². The lowest BCUT2D eigenvalue weighted by Crippen LogP contribution is -2.16. The Morgan fingerprint density at radius 1 is 1.43 bits per heavy atom. The first-order valence-corrected chi connectivity index (χ1v) is 6.63. The van der Waals surface area contributed by atoms with Gasteiger partial charge in [0.05, 0.1) is 23.4 Å². The Bertz CT molecular complexity index is 881. The quantitative estimate of drug-likeness (QED) is 0.684. The minimum atomic E-state index is -0.714. The molecular formula is C14H14N6O3. The highest BCUT2D eigenvalue weighted by atomic mass is 16.5. The molecule has 0 spiro atoms. The maximum absolute atomic E-state index is 12.0. The van der Waals surface area contributed by atoms with Gasteiger partial charge in [-0.2, -0.15) is 10.4 Å². The van der Waals surface area contributed by atoms with E-state index in [0.717, 1.165) is 0 Å². The van der Waals surface area contributed by atoms with Gasteiger partial charge in [0.25, 0.3) is 5.56 Å². The number of nitrogen functional groups attached to an aromatic ring is 2. The summed E-state index contributed by atoms with van der Waals surface area (Å²) >= 11 is 0. The monoisotopic (exact) mass is 314 g/mol. The number of carbonyl (C=O) groups excluding carboxylic acids is 1. The number of hydrogen-bond donors (Lipinski definition) is 3. The third kappa shape index (κ3) is 2.82. The average molecular weight is 314 g/mol. The highest BCUT2D eigenvalue weighted by Crippen LogP contribution is 2.28. The van der Waals surface area contributed by atoms with Crippen molar-refractivity contribution in [2.45, 2.75) is 13.8 Å². The fraction of sp³-hybridized carbons (Fsp3) is 0.214. The number of nitrogens with one attached hydrogen (secondary N) is 1. The fourth-order valence-electron chi connectivity index (χ4n) is 2.06. The van der Waals surface area contributed by atoms with Crippen LogP contribution >= 0.6 is 0 Å². The number of H-pyrrole nitrogens is 1. The molecule has 2 aromatic heterocycles. The molecule has 0 saturated heterocycles. The van der Waals surface area contributed by atoms with Crippen LogP contribution in [0, 0.1) is 18.3 Å². The Labute approximate surface area is 130 Å². The molecule has 0 atom stereocenters. The molecule has 118 valence electrons. The van der Waals surface area contributed by atoms with Crippen molar-refractivity contribution in [2.24, 2.45) is 0 Å². The summed E-state index contributed by atoms with van der Waals surface area (Å²) in [6.07, 6.45) is 0. The lowest BCUT2D eigenvalue weighted by Gasteiger charge is -2.11. The summed E-state index contributed by atoms with van der Waals surface area (Å²) in [5.41, 5.74) is 11.6. The number of ether oxygens (including phenoxy) is 1. The summed E-state index contributed by atoms with van der Waals surface area (Å²) in [5.74, 6) is -0.853. The minimum Gasteiger partial charge on any atom is -0.462 e. The SMILES string of the molecule is CCOC(=O)c1cc(-c2c(N)n[nH]c(=O)c2C)nc(N)c1C#N. The maximum atomic E-state index is 12.0. The van der Waals surface area contributed by atoms with Crippen molar-refractivity contribution in [3.63, 3.8) is 0 Å². The van der Waals surface area contributed by atoms with Crippen LogP contribution in [0.4, 0.5) is 11.6 Å². The molecule has 2 rings (SSSR count). The van der Waals surface area contributed by atoms with Crippen LogP contribution in [0.3, 0.4) is 0 Å². The van der Waals surface area contributed by atoms with Gasteiger partial charge in [-0.05, 0) is 19.9 Å². The van der Waals surface area contributed by atoms with E-state index < -0.39 is 11.5 Å². The van der Waals surface area contributed by atoms with Crippen molar-refractivity contribution >= 4 is 17.6 Å². The second kappa shape index (κ2) is 6.15. The molecule has 0 saturated carbocycles. The van der Waals surface area contributed by atoms with E-state index in [1.165, 1.54) is 13.0 Å². The fourth-order valence-corrected chi connectivity index (χ4v) is 2.06. The first-order valence-electron chi connectivity index (χ1n) is 6.63. The highest BCUT2D eigenvalue weighted by molar-refractivity contribution is 5.95. The smallest absolute Gasteiger partial charge is 0.339 e. The zero-order valence-corrected chi connectivity index (χ0v) is 12.5. The van der Waals surface area contributed by atoms with E-state index in [0.29, 0.717) is 0 Å². The summed E-state index contributed by atoms with van der Waals surface area (Å²) in [6.45, 7) is 3.31.